The molecule has 2 atom stereocenters. The maximum absolute atomic E-state index is 15.5. The van der Waals surface area contributed by atoms with E-state index in [1.165, 1.54) is 43.6 Å². The zero-order chi connectivity index (χ0) is 24.0. The van der Waals surface area contributed by atoms with Gasteiger partial charge in [-0.15, -0.1) is 0 Å². The number of methoxy groups -OCH3 is 1. The Morgan fingerprint density at radius 3 is 2.74 bits per heavy atom. The number of anilines is 2. The first-order chi connectivity index (χ1) is 16.4. The molecule has 0 saturated carbocycles. The van der Waals surface area contributed by atoms with E-state index in [0.29, 0.717) is 11.7 Å². The van der Waals surface area contributed by atoms with Crippen molar-refractivity contribution in [2.75, 3.05) is 30.4 Å². The van der Waals surface area contributed by atoms with Crippen LogP contribution in [0.4, 0.5) is 24.5 Å². The lowest BCUT2D eigenvalue weighted by Crippen LogP contribution is -2.44. The van der Waals surface area contributed by atoms with Crippen molar-refractivity contribution in [2.45, 2.75) is 18.5 Å². The molecular formula is C24H20ClF3N4O2. The molecule has 1 aromatic heterocycles. The highest BCUT2D eigenvalue weighted by Gasteiger charge is 2.38. The molecule has 0 spiro atoms. The van der Waals surface area contributed by atoms with Crippen molar-refractivity contribution in [1.29, 1.82) is 0 Å². The molecule has 1 amide bonds. The number of hydrogen-bond donors (Lipinski definition) is 2. The van der Waals surface area contributed by atoms with E-state index < -0.39 is 29.1 Å². The molecule has 2 aliphatic heterocycles. The Morgan fingerprint density at radius 2 is 2.03 bits per heavy atom. The van der Waals surface area contributed by atoms with Gasteiger partial charge in [-0.3, -0.25) is 9.78 Å². The summed E-state index contributed by atoms with van der Waals surface area (Å²) in [4.78, 5) is 19.1. The predicted molar refractivity (Wildman–Crippen MR) is 123 cm³/mol. The summed E-state index contributed by atoms with van der Waals surface area (Å²) in [6.45, 7) is 1.52. The van der Waals surface area contributed by atoms with E-state index in [0.717, 1.165) is 19.5 Å². The molecule has 2 fully saturated rings. The highest BCUT2D eigenvalue weighted by Crippen LogP contribution is 2.38. The Balaban J connectivity index is 1.50. The fourth-order valence-electron chi connectivity index (χ4n) is 4.62. The van der Waals surface area contributed by atoms with Gasteiger partial charge in [0, 0.05) is 31.4 Å². The van der Waals surface area contributed by atoms with E-state index in [-0.39, 0.29) is 33.6 Å². The van der Waals surface area contributed by atoms with E-state index >= 15 is 4.39 Å². The SMILES string of the molecule is COc1ccc(Cl)c(F)c1-c1nccc(C(=O)Nc2cc(F)ccc2N2CC3CC2CN3)c1F. The summed E-state index contributed by atoms with van der Waals surface area (Å²) in [6, 6.07) is 8.52. The topological polar surface area (TPSA) is 66.5 Å². The number of aromatic nitrogens is 1. The fourth-order valence-corrected chi connectivity index (χ4v) is 4.78. The van der Waals surface area contributed by atoms with Crippen LogP contribution in [0.5, 0.6) is 5.75 Å². The van der Waals surface area contributed by atoms with E-state index in [2.05, 4.69) is 20.5 Å². The van der Waals surface area contributed by atoms with Crippen molar-refractivity contribution >= 4 is 28.9 Å². The number of piperazine rings is 1. The summed E-state index contributed by atoms with van der Waals surface area (Å²) in [7, 11) is 1.30. The highest BCUT2D eigenvalue weighted by molar-refractivity contribution is 6.31. The summed E-state index contributed by atoms with van der Waals surface area (Å²) in [6.07, 6.45) is 2.14. The molecule has 3 heterocycles. The zero-order valence-corrected chi connectivity index (χ0v) is 18.8. The lowest BCUT2D eigenvalue weighted by atomic mass is 10.1. The number of carbonyl (C=O) groups excluding carboxylic acids is 1. The van der Waals surface area contributed by atoms with Gasteiger partial charge in [0.2, 0.25) is 0 Å². The predicted octanol–water partition coefficient (Wildman–Crippen LogP) is 4.63. The summed E-state index contributed by atoms with van der Waals surface area (Å²) in [5.74, 6) is -3.33. The van der Waals surface area contributed by atoms with E-state index in [1.54, 1.807) is 6.07 Å². The molecule has 3 aromatic rings. The number of hydrogen-bond acceptors (Lipinski definition) is 5. The number of benzene rings is 2. The third kappa shape index (κ3) is 3.84. The van der Waals surface area contributed by atoms with Crippen LogP contribution in [0.3, 0.4) is 0 Å². The Labute approximate surface area is 198 Å². The van der Waals surface area contributed by atoms with Crippen LogP contribution in [0.2, 0.25) is 5.02 Å². The second-order valence-corrected chi connectivity index (χ2v) is 8.63. The number of nitrogens with one attached hydrogen (secondary N) is 2. The molecular weight excluding hydrogens is 469 g/mol. The number of fused-ring (bicyclic) bond motifs is 2. The lowest BCUT2D eigenvalue weighted by Gasteiger charge is -2.31. The lowest BCUT2D eigenvalue weighted by molar-refractivity contribution is 0.102. The third-order valence-corrected chi connectivity index (χ3v) is 6.51. The van der Waals surface area contributed by atoms with Gasteiger partial charge in [0.05, 0.1) is 34.6 Å². The van der Waals surface area contributed by atoms with Gasteiger partial charge in [-0.2, -0.15) is 0 Å². The number of amides is 1. The van der Waals surface area contributed by atoms with Crippen molar-refractivity contribution in [3.05, 3.63) is 70.6 Å². The maximum Gasteiger partial charge on any atom is 0.258 e. The molecule has 0 aliphatic carbocycles. The number of ether oxygens (including phenoxy) is 1. The van der Waals surface area contributed by atoms with Crippen LogP contribution < -0.4 is 20.3 Å². The van der Waals surface area contributed by atoms with Gasteiger partial charge in [0.1, 0.15) is 17.3 Å². The smallest absolute Gasteiger partial charge is 0.258 e. The molecule has 2 N–H and O–H groups in total. The van der Waals surface area contributed by atoms with Gasteiger partial charge in [-0.05, 0) is 42.8 Å². The minimum absolute atomic E-state index is 0.0102. The zero-order valence-electron chi connectivity index (χ0n) is 18.0. The molecule has 5 rings (SSSR count). The minimum Gasteiger partial charge on any atom is -0.496 e. The number of rotatable bonds is 5. The molecule has 0 radical (unpaired) electrons. The standard InChI is InChI=1S/C24H20ClF3N4O2/c1-34-19-5-3-16(25)22(28)20(19)23-21(27)15(6-7-29-23)24(33)31-17-8-12(26)2-4-18(17)32-11-13-9-14(32)10-30-13/h2-8,13-14,30H,9-11H2,1H3,(H,31,33). The van der Waals surface area contributed by atoms with Crippen LogP contribution in [-0.4, -0.2) is 43.2 Å². The van der Waals surface area contributed by atoms with Crippen LogP contribution >= 0.6 is 11.6 Å². The average Bonchev–Trinajstić information content (AvgIpc) is 3.45. The number of nitrogens with zero attached hydrogens (tertiary/aromatic N) is 2. The molecule has 34 heavy (non-hydrogen) atoms. The van der Waals surface area contributed by atoms with Gasteiger partial charge in [0.25, 0.3) is 5.91 Å². The molecule has 2 unspecified atom stereocenters. The summed E-state index contributed by atoms with van der Waals surface area (Å²) < 4.78 is 49.4. The van der Waals surface area contributed by atoms with E-state index in [4.69, 9.17) is 16.3 Å². The summed E-state index contributed by atoms with van der Waals surface area (Å²) in [5, 5.41) is 5.76. The van der Waals surface area contributed by atoms with Crippen molar-refractivity contribution in [3.63, 3.8) is 0 Å². The van der Waals surface area contributed by atoms with Crippen molar-refractivity contribution in [2.24, 2.45) is 0 Å². The second kappa shape index (κ2) is 8.81. The number of carbonyl (C=O) groups is 1. The summed E-state index contributed by atoms with van der Waals surface area (Å²) in [5.41, 5.74) is -0.227. The summed E-state index contributed by atoms with van der Waals surface area (Å²) >= 11 is 5.87. The normalized spacial score (nSPS) is 18.9. The van der Waals surface area contributed by atoms with E-state index in [1.807, 2.05) is 0 Å². The molecule has 176 valence electrons. The van der Waals surface area contributed by atoms with Crippen molar-refractivity contribution < 1.29 is 22.7 Å². The molecule has 2 aliphatic rings. The number of pyridine rings is 1. The van der Waals surface area contributed by atoms with Crippen LogP contribution in [0.1, 0.15) is 16.8 Å². The minimum atomic E-state index is -1.05. The first kappa shape index (κ1) is 22.5. The van der Waals surface area contributed by atoms with Crippen molar-refractivity contribution in [1.82, 2.24) is 10.3 Å². The fraction of sp³-hybridized carbons (Fsp3) is 0.250. The van der Waals surface area contributed by atoms with Crippen LogP contribution in [-0.2, 0) is 0 Å². The van der Waals surface area contributed by atoms with Crippen LogP contribution in [0.15, 0.2) is 42.6 Å². The number of halogens is 4. The van der Waals surface area contributed by atoms with Gasteiger partial charge in [0.15, 0.2) is 11.6 Å². The Kier molecular flexibility index (Phi) is 5.83. The maximum atomic E-state index is 15.5. The average molecular weight is 489 g/mol. The van der Waals surface area contributed by atoms with Crippen LogP contribution in [0.25, 0.3) is 11.3 Å². The molecule has 10 heteroatoms. The molecule has 2 bridgehead atoms. The van der Waals surface area contributed by atoms with E-state index in [9.17, 15) is 13.6 Å². The third-order valence-electron chi connectivity index (χ3n) is 6.22. The monoisotopic (exact) mass is 488 g/mol. The quantitative estimate of drug-likeness (QED) is 0.548. The Hall–Kier alpha value is -3.30. The van der Waals surface area contributed by atoms with Gasteiger partial charge >= 0.3 is 0 Å². The van der Waals surface area contributed by atoms with Crippen molar-refractivity contribution in [3.8, 4) is 17.0 Å². The first-order valence-electron chi connectivity index (χ1n) is 10.6. The molecule has 2 aromatic carbocycles. The van der Waals surface area contributed by atoms with Gasteiger partial charge < -0.3 is 20.3 Å². The second-order valence-electron chi connectivity index (χ2n) is 8.22. The Morgan fingerprint density at radius 1 is 1.21 bits per heavy atom. The van der Waals surface area contributed by atoms with Gasteiger partial charge in [-0.25, -0.2) is 13.2 Å². The molecule has 2 saturated heterocycles. The largest absolute Gasteiger partial charge is 0.496 e. The molecule has 6 nitrogen and oxygen atoms in total. The first-order valence-corrected chi connectivity index (χ1v) is 11.0. The highest BCUT2D eigenvalue weighted by atomic mass is 35.5. The van der Waals surface area contributed by atoms with Gasteiger partial charge in [-0.1, -0.05) is 11.6 Å². The van der Waals surface area contributed by atoms with Crippen LogP contribution in [0, 0.1) is 17.5 Å². The Bertz CT molecular complexity index is 1290.